The number of thiophene rings is 1. The molecule has 2 aromatic rings. The van der Waals surface area contributed by atoms with Gasteiger partial charge in [-0.25, -0.2) is 4.68 Å². The maximum atomic E-state index is 12.6. The van der Waals surface area contributed by atoms with Gasteiger partial charge < -0.3 is 0 Å². The van der Waals surface area contributed by atoms with E-state index in [2.05, 4.69) is 17.2 Å². The summed E-state index contributed by atoms with van der Waals surface area (Å²) in [6.07, 6.45) is 3.03. The Balaban J connectivity index is 2.23. The fraction of sp³-hybridized carbons (Fsp3) is 0.571. The van der Waals surface area contributed by atoms with Crippen molar-refractivity contribution in [3.05, 3.63) is 20.8 Å². The fourth-order valence-electron chi connectivity index (χ4n) is 2.70. The number of carbonyl (C=O) groups excluding carboxylic acids is 1. The number of carbonyl (C=O) groups is 1. The van der Waals surface area contributed by atoms with Crippen LogP contribution in [0.15, 0.2) is 4.79 Å². The number of rotatable bonds is 2. The fourth-order valence-corrected chi connectivity index (χ4v) is 4.02. The molecule has 0 saturated heterocycles. The first-order chi connectivity index (χ1) is 9.49. The summed E-state index contributed by atoms with van der Waals surface area (Å²) < 4.78 is 1.22. The molecule has 0 aromatic carbocycles. The number of Topliss-reactive ketones (excluding diaryl/α,β-unsaturated/α-hetero) is 1. The van der Waals surface area contributed by atoms with E-state index in [1.54, 1.807) is 18.3 Å². The van der Waals surface area contributed by atoms with Crippen molar-refractivity contribution in [3.63, 3.8) is 0 Å². The Bertz CT molecular complexity index is 747. The highest BCUT2D eigenvalue weighted by molar-refractivity contribution is 7.18. The highest BCUT2D eigenvalue weighted by Crippen LogP contribution is 2.35. The average Bonchev–Trinajstić information content (AvgIpc) is 2.76. The number of ketones is 1. The van der Waals surface area contributed by atoms with Gasteiger partial charge in [-0.15, -0.1) is 16.4 Å². The first kappa shape index (κ1) is 13.4. The van der Waals surface area contributed by atoms with E-state index in [-0.39, 0.29) is 11.3 Å². The minimum Gasteiger partial charge on any atom is -0.298 e. The molecule has 1 aliphatic rings. The van der Waals surface area contributed by atoms with E-state index >= 15 is 0 Å². The molecule has 0 radical (unpaired) electrons. The van der Waals surface area contributed by atoms with E-state index < -0.39 is 6.04 Å². The molecule has 5 nitrogen and oxygen atoms in total. The highest BCUT2D eigenvalue weighted by atomic mass is 32.1. The van der Waals surface area contributed by atoms with Crippen molar-refractivity contribution in [1.82, 2.24) is 15.0 Å². The molecule has 2 heterocycles. The van der Waals surface area contributed by atoms with Crippen LogP contribution in [0.1, 0.15) is 43.7 Å². The molecule has 3 rings (SSSR count). The van der Waals surface area contributed by atoms with Crippen molar-refractivity contribution >= 4 is 27.3 Å². The molecule has 0 aliphatic heterocycles. The molecule has 0 N–H and O–H groups in total. The summed E-state index contributed by atoms with van der Waals surface area (Å²) in [6, 6.07) is -0.558. The number of aryl methyl sites for hydroxylation is 1. The first-order valence-electron chi connectivity index (χ1n) is 6.89. The molecule has 0 fully saturated rings. The number of nitrogens with zero attached hydrogens (tertiary/aromatic N) is 3. The van der Waals surface area contributed by atoms with Crippen molar-refractivity contribution in [2.24, 2.45) is 5.92 Å². The Morgan fingerprint density at radius 3 is 2.95 bits per heavy atom. The van der Waals surface area contributed by atoms with Crippen LogP contribution in [0.3, 0.4) is 0 Å². The van der Waals surface area contributed by atoms with Gasteiger partial charge in [-0.1, -0.05) is 12.1 Å². The number of fused-ring (bicyclic) bond motifs is 3. The zero-order chi connectivity index (χ0) is 14.4. The standard InChI is InChI=1S/C14H17N3O2S/c1-7-4-5-10-11(6-7)20-13-12(10)14(19)17(16-15-13)8(2)9(3)18/h7-8H,4-6H2,1-3H3/t7-,8-/m0/s1. The monoisotopic (exact) mass is 291 g/mol. The molecule has 20 heavy (non-hydrogen) atoms. The third-order valence-corrected chi connectivity index (χ3v) is 5.24. The Morgan fingerprint density at radius 1 is 1.50 bits per heavy atom. The van der Waals surface area contributed by atoms with E-state index in [9.17, 15) is 9.59 Å². The summed E-state index contributed by atoms with van der Waals surface area (Å²) in [5.74, 6) is 0.570. The summed E-state index contributed by atoms with van der Waals surface area (Å²) in [6.45, 7) is 5.38. The van der Waals surface area contributed by atoms with E-state index in [4.69, 9.17) is 0 Å². The molecule has 6 heteroatoms. The highest BCUT2D eigenvalue weighted by Gasteiger charge is 2.25. The van der Waals surface area contributed by atoms with Crippen LogP contribution in [0.25, 0.3) is 10.2 Å². The van der Waals surface area contributed by atoms with Crippen LogP contribution in [0.5, 0.6) is 0 Å². The molecule has 0 unspecified atom stereocenters. The summed E-state index contributed by atoms with van der Waals surface area (Å²) in [4.78, 5) is 26.1. The third kappa shape index (κ3) is 1.98. The van der Waals surface area contributed by atoms with Crippen LogP contribution in [0.4, 0.5) is 0 Å². The van der Waals surface area contributed by atoms with Crippen LogP contribution in [-0.4, -0.2) is 20.8 Å². The summed E-state index contributed by atoms with van der Waals surface area (Å²) >= 11 is 1.57. The molecule has 2 atom stereocenters. The van der Waals surface area contributed by atoms with Gasteiger partial charge in [0, 0.05) is 4.88 Å². The van der Waals surface area contributed by atoms with Gasteiger partial charge in [-0.05, 0) is 44.6 Å². The maximum absolute atomic E-state index is 12.6. The molecule has 0 saturated carbocycles. The van der Waals surface area contributed by atoms with Crippen LogP contribution >= 0.6 is 11.3 Å². The van der Waals surface area contributed by atoms with Crippen molar-refractivity contribution in [1.29, 1.82) is 0 Å². The van der Waals surface area contributed by atoms with Gasteiger partial charge in [0.2, 0.25) is 0 Å². The summed E-state index contributed by atoms with van der Waals surface area (Å²) in [5.41, 5.74) is 0.956. The number of aromatic nitrogens is 3. The van der Waals surface area contributed by atoms with Crippen molar-refractivity contribution in [2.75, 3.05) is 0 Å². The molecular formula is C14H17N3O2S. The minimum absolute atomic E-state index is 0.0848. The lowest BCUT2D eigenvalue weighted by atomic mass is 9.89. The quantitative estimate of drug-likeness (QED) is 0.850. The maximum Gasteiger partial charge on any atom is 0.279 e. The Labute approximate surface area is 120 Å². The second-order valence-corrected chi connectivity index (χ2v) is 6.74. The van der Waals surface area contributed by atoms with Crippen molar-refractivity contribution < 1.29 is 4.79 Å². The lowest BCUT2D eigenvalue weighted by molar-refractivity contribution is -0.120. The van der Waals surface area contributed by atoms with Crippen molar-refractivity contribution in [3.8, 4) is 0 Å². The van der Waals surface area contributed by atoms with Gasteiger partial charge in [0.25, 0.3) is 5.56 Å². The Morgan fingerprint density at radius 2 is 2.25 bits per heavy atom. The summed E-state index contributed by atoms with van der Waals surface area (Å²) in [5, 5.41) is 8.77. The number of hydrogen-bond donors (Lipinski definition) is 0. The molecule has 0 spiro atoms. The zero-order valence-corrected chi connectivity index (χ0v) is 12.7. The second kappa shape index (κ2) is 4.77. The van der Waals surface area contributed by atoms with E-state index in [1.807, 2.05) is 0 Å². The molecule has 106 valence electrons. The second-order valence-electron chi connectivity index (χ2n) is 5.66. The molecule has 0 amide bonds. The average molecular weight is 291 g/mol. The van der Waals surface area contributed by atoms with Gasteiger partial charge in [-0.2, -0.15) is 0 Å². The van der Waals surface area contributed by atoms with Crippen molar-refractivity contribution in [2.45, 2.75) is 46.1 Å². The molecular weight excluding hydrogens is 274 g/mol. The van der Waals surface area contributed by atoms with Crippen LogP contribution in [0.2, 0.25) is 0 Å². The van der Waals surface area contributed by atoms with E-state index in [1.165, 1.54) is 16.5 Å². The van der Waals surface area contributed by atoms with Gasteiger partial charge in [0.15, 0.2) is 10.6 Å². The first-order valence-corrected chi connectivity index (χ1v) is 7.71. The lowest BCUT2D eigenvalue weighted by Crippen LogP contribution is -2.30. The van der Waals surface area contributed by atoms with Crippen LogP contribution in [0, 0.1) is 5.92 Å². The van der Waals surface area contributed by atoms with Gasteiger partial charge >= 0.3 is 0 Å². The number of hydrogen-bond acceptors (Lipinski definition) is 5. The summed E-state index contributed by atoms with van der Waals surface area (Å²) in [7, 11) is 0. The van der Waals surface area contributed by atoms with E-state index in [0.29, 0.717) is 16.1 Å². The smallest absolute Gasteiger partial charge is 0.279 e. The minimum atomic E-state index is -0.558. The normalized spacial score (nSPS) is 19.9. The van der Waals surface area contributed by atoms with Gasteiger partial charge in [0.1, 0.15) is 6.04 Å². The predicted molar refractivity (Wildman–Crippen MR) is 78.3 cm³/mol. The predicted octanol–water partition coefficient (Wildman–Crippen LogP) is 2.13. The van der Waals surface area contributed by atoms with Gasteiger partial charge in [0.05, 0.1) is 5.39 Å². The van der Waals surface area contributed by atoms with Crippen LogP contribution in [-0.2, 0) is 17.6 Å². The zero-order valence-electron chi connectivity index (χ0n) is 11.8. The van der Waals surface area contributed by atoms with Gasteiger partial charge in [-0.3, -0.25) is 9.59 Å². The molecule has 2 aromatic heterocycles. The van der Waals surface area contributed by atoms with Crippen LogP contribution < -0.4 is 5.56 Å². The molecule has 1 aliphatic carbocycles. The van der Waals surface area contributed by atoms with E-state index in [0.717, 1.165) is 24.8 Å². The Hall–Kier alpha value is -1.56. The largest absolute Gasteiger partial charge is 0.298 e. The Kier molecular flexibility index (Phi) is 3.20. The molecule has 0 bridgehead atoms. The lowest BCUT2D eigenvalue weighted by Gasteiger charge is -2.17. The SMILES string of the molecule is CC(=O)[C@H](C)n1nnc2sc3c(c2c1=O)CC[C@H](C)C3. The topological polar surface area (TPSA) is 64.8 Å². The third-order valence-electron chi connectivity index (χ3n) is 4.10.